The molecule has 2 nitrogen and oxygen atoms in total. The van der Waals surface area contributed by atoms with Crippen molar-refractivity contribution in [2.45, 2.75) is 51.4 Å². The van der Waals surface area contributed by atoms with E-state index >= 15 is 0 Å². The molecule has 0 spiro atoms. The van der Waals surface area contributed by atoms with Crippen LogP contribution in [0.5, 0.6) is 0 Å². The molecular weight excluding hydrogens is 240 g/mol. The van der Waals surface area contributed by atoms with Gasteiger partial charge in [0.25, 0.3) is 0 Å². The molecule has 0 atom stereocenters. The van der Waals surface area contributed by atoms with Gasteiger partial charge < -0.3 is 7.96 Å². The van der Waals surface area contributed by atoms with Crippen LogP contribution in [-0.2, 0) is 4.79 Å². The molecule has 1 saturated carbocycles. The van der Waals surface area contributed by atoms with Crippen molar-refractivity contribution in [1.82, 2.24) is 0 Å². The van der Waals surface area contributed by atoms with Crippen molar-refractivity contribution in [3.63, 3.8) is 0 Å². The zero-order valence-corrected chi connectivity index (χ0v) is 11.8. The number of carboxylic acid groups (broad SMARTS) is 1. The van der Waals surface area contributed by atoms with Gasteiger partial charge >= 0.3 is 51.5 Å². The fraction of sp³-hybridized carbons (Fsp3) is 0.900. The van der Waals surface area contributed by atoms with Crippen LogP contribution in [0.1, 0.15) is 54.2 Å². The summed E-state index contributed by atoms with van der Waals surface area (Å²) in [6.45, 7) is 0. The van der Waals surface area contributed by atoms with Gasteiger partial charge in [-0.25, -0.2) is 0 Å². The fourth-order valence-electron chi connectivity index (χ4n) is 2.02. The molecule has 0 heterocycles. The Kier molecular flexibility index (Phi) is 8.88. The Bertz CT molecular complexity index is 150. The Balaban J connectivity index is -0.000000480. The Morgan fingerprint density at radius 1 is 1.31 bits per heavy atom. The second-order valence-electron chi connectivity index (χ2n) is 3.79. The molecule has 0 aromatic rings. The van der Waals surface area contributed by atoms with E-state index in [1.165, 1.54) is 32.1 Å². The Hall–Kier alpha value is 0.951. The smallest absolute Gasteiger partial charge is 1.00 e. The molecule has 1 aliphatic rings. The van der Waals surface area contributed by atoms with E-state index in [9.17, 15) is 4.79 Å². The molecule has 0 bridgehead atoms. The Labute approximate surface area is 120 Å². The average molecular weight is 260 g/mol. The fourth-order valence-corrected chi connectivity index (χ4v) is 2.02. The summed E-state index contributed by atoms with van der Waals surface area (Å²) in [5.74, 6) is 0.184. The summed E-state index contributed by atoms with van der Waals surface area (Å²) in [7, 11) is 0. The van der Waals surface area contributed by atoms with Gasteiger partial charge in [0.15, 0.2) is 0 Å². The molecule has 3 heteroatoms. The van der Waals surface area contributed by atoms with E-state index in [2.05, 4.69) is 0 Å². The van der Waals surface area contributed by atoms with E-state index in [0.29, 0.717) is 6.42 Å². The minimum Gasteiger partial charge on any atom is -1.00 e. The van der Waals surface area contributed by atoms with Crippen LogP contribution >= 0.6 is 0 Å². The van der Waals surface area contributed by atoms with E-state index in [1.807, 2.05) is 0 Å². The zero-order valence-electron chi connectivity index (χ0n) is 10.3. The summed E-state index contributed by atoms with van der Waals surface area (Å²) < 4.78 is 0. The molecule has 0 aliphatic heterocycles. The van der Waals surface area contributed by atoms with E-state index in [0.717, 1.165) is 18.8 Å². The van der Waals surface area contributed by atoms with Crippen molar-refractivity contribution >= 4 is 51.5 Å². The number of aliphatic carboxylic acids is 1. The summed E-state index contributed by atoms with van der Waals surface area (Å²) in [5, 5.41) is 8.44. The van der Waals surface area contributed by atoms with Gasteiger partial charge in [-0.2, -0.15) is 0 Å². The van der Waals surface area contributed by atoms with Gasteiger partial charge in [-0.15, -0.1) is 0 Å². The van der Waals surface area contributed by atoms with Gasteiger partial charge in [0.05, 0.1) is 0 Å². The van der Waals surface area contributed by atoms with Crippen molar-refractivity contribution in [2.24, 2.45) is 5.92 Å². The number of hydrogen-bond donors (Lipinski definition) is 1. The van der Waals surface area contributed by atoms with Crippen LogP contribution in [0.3, 0.4) is 0 Å². The summed E-state index contributed by atoms with van der Waals surface area (Å²) >= 11 is 0. The summed E-state index contributed by atoms with van der Waals surface area (Å²) in [4.78, 5) is 10.2. The van der Waals surface area contributed by atoms with Crippen LogP contribution in [0.25, 0.3) is 0 Å². The summed E-state index contributed by atoms with van der Waals surface area (Å²) in [5.41, 5.74) is 0. The van der Waals surface area contributed by atoms with Crippen LogP contribution in [0.2, 0.25) is 0 Å². The van der Waals surface area contributed by atoms with Crippen LogP contribution in [0.15, 0.2) is 0 Å². The largest absolute Gasteiger partial charge is 2.00 e. The second-order valence-corrected chi connectivity index (χ2v) is 3.79. The topological polar surface area (TPSA) is 37.3 Å². The predicted molar refractivity (Wildman–Crippen MR) is 56.0 cm³/mol. The first-order valence-electron chi connectivity index (χ1n) is 5.01. The van der Waals surface area contributed by atoms with Gasteiger partial charge in [-0.3, -0.25) is 4.79 Å². The van der Waals surface area contributed by atoms with Gasteiger partial charge in [-0.05, 0) is 18.8 Å². The molecule has 0 radical (unpaired) electrons. The standard InChI is InChI=1S/C10H18O2.Sr.2H/c11-10(12)8-4-7-9-5-2-1-3-6-9;;;/h9H,1-8H2,(H,11,12);;;/q;+2;2*-1. The molecule has 1 fully saturated rings. The molecule has 1 rings (SSSR count). The molecule has 1 N–H and O–H groups in total. The third kappa shape index (κ3) is 6.95. The van der Waals surface area contributed by atoms with E-state index in [-0.39, 0.29) is 48.3 Å². The summed E-state index contributed by atoms with van der Waals surface area (Å²) in [6, 6.07) is 0. The minimum absolute atomic E-state index is 0. The van der Waals surface area contributed by atoms with Gasteiger partial charge in [-0.1, -0.05) is 32.1 Å². The Morgan fingerprint density at radius 2 is 1.92 bits per heavy atom. The van der Waals surface area contributed by atoms with Crippen molar-refractivity contribution in [2.75, 3.05) is 0 Å². The van der Waals surface area contributed by atoms with Crippen LogP contribution in [0, 0.1) is 5.92 Å². The number of rotatable bonds is 4. The van der Waals surface area contributed by atoms with Crippen LogP contribution in [0.4, 0.5) is 0 Å². The molecule has 13 heavy (non-hydrogen) atoms. The van der Waals surface area contributed by atoms with Crippen molar-refractivity contribution in [3.05, 3.63) is 0 Å². The number of carbonyl (C=O) groups is 1. The van der Waals surface area contributed by atoms with Gasteiger partial charge in [0.2, 0.25) is 0 Å². The van der Waals surface area contributed by atoms with Crippen LogP contribution in [-0.4, -0.2) is 56.6 Å². The molecule has 1 aliphatic carbocycles. The molecule has 0 saturated heterocycles. The van der Waals surface area contributed by atoms with Crippen molar-refractivity contribution < 1.29 is 12.8 Å². The maximum atomic E-state index is 10.2. The molecule has 74 valence electrons. The maximum absolute atomic E-state index is 10.2. The van der Waals surface area contributed by atoms with Gasteiger partial charge in [0, 0.05) is 6.42 Å². The second kappa shape index (κ2) is 8.27. The third-order valence-corrected chi connectivity index (χ3v) is 2.73. The minimum atomic E-state index is -0.647. The first-order chi connectivity index (χ1) is 5.79. The first-order valence-corrected chi connectivity index (χ1v) is 5.01. The number of carboxylic acids is 1. The van der Waals surface area contributed by atoms with Crippen molar-refractivity contribution in [1.29, 1.82) is 0 Å². The van der Waals surface area contributed by atoms with E-state index in [4.69, 9.17) is 5.11 Å². The number of hydrogen-bond acceptors (Lipinski definition) is 1. The van der Waals surface area contributed by atoms with Crippen LogP contribution < -0.4 is 0 Å². The molecule has 0 aromatic heterocycles. The monoisotopic (exact) mass is 260 g/mol. The normalized spacial score (nSPS) is 17.8. The molecule has 0 unspecified atom stereocenters. The zero-order chi connectivity index (χ0) is 8.81. The quantitative estimate of drug-likeness (QED) is 0.789. The van der Waals surface area contributed by atoms with Gasteiger partial charge in [0.1, 0.15) is 0 Å². The van der Waals surface area contributed by atoms with Crippen molar-refractivity contribution in [3.8, 4) is 0 Å². The Morgan fingerprint density at radius 3 is 2.46 bits per heavy atom. The molecule has 0 amide bonds. The predicted octanol–water partition coefficient (Wildman–Crippen LogP) is 2.67. The SMILES string of the molecule is O=C(O)CCCC1CCCCC1.[H-].[H-].[Sr+2]. The average Bonchev–Trinajstić information content (AvgIpc) is 2.05. The molecular formula is C10H20O2Sr. The molecule has 0 aromatic carbocycles. The van der Waals surface area contributed by atoms with E-state index in [1.54, 1.807) is 0 Å². The summed E-state index contributed by atoms with van der Waals surface area (Å²) in [6.07, 6.45) is 9.13. The maximum Gasteiger partial charge on any atom is 2.00 e. The van der Waals surface area contributed by atoms with E-state index < -0.39 is 5.97 Å². The first kappa shape index (κ1) is 14.0. The third-order valence-electron chi connectivity index (χ3n) is 2.73.